The van der Waals surface area contributed by atoms with Crippen molar-refractivity contribution in [1.29, 1.82) is 0 Å². The zero-order chi connectivity index (χ0) is 11.3. The molecule has 0 amide bonds. The molecule has 1 unspecified atom stereocenters. The van der Waals surface area contributed by atoms with Crippen LogP contribution in [0.3, 0.4) is 0 Å². The predicted octanol–water partition coefficient (Wildman–Crippen LogP) is 2.99. The highest BCUT2D eigenvalue weighted by Crippen LogP contribution is 2.27. The number of rotatable bonds is 5. The van der Waals surface area contributed by atoms with Crippen LogP contribution in [-0.4, -0.2) is 24.7 Å². The molecule has 0 radical (unpaired) electrons. The average molecular weight is 241 g/mol. The highest BCUT2D eigenvalue weighted by atomic mass is 35.5. The molecular weight excluding hydrogens is 224 g/mol. The molecule has 0 aliphatic carbocycles. The Hall–Kier alpha value is -0.570. The van der Waals surface area contributed by atoms with Crippen molar-refractivity contribution in [3.05, 3.63) is 35.9 Å². The first-order chi connectivity index (χ1) is 7.85. The van der Waals surface area contributed by atoms with Crippen molar-refractivity contribution in [2.24, 2.45) is 0 Å². The lowest BCUT2D eigenvalue weighted by Crippen LogP contribution is -2.35. The average Bonchev–Trinajstić information content (AvgIpc) is 2.80. The summed E-state index contributed by atoms with van der Waals surface area (Å²) in [7, 11) is 0. The SMILES string of the molecule is ClCC1(COCc2ccccc2)CCCO1. The van der Waals surface area contributed by atoms with Gasteiger partial charge in [0.1, 0.15) is 5.60 Å². The van der Waals surface area contributed by atoms with E-state index in [1.54, 1.807) is 0 Å². The summed E-state index contributed by atoms with van der Waals surface area (Å²) in [5.74, 6) is 0.516. The normalized spacial score (nSPS) is 24.8. The Kier molecular flexibility index (Phi) is 4.22. The van der Waals surface area contributed by atoms with Gasteiger partial charge in [-0.25, -0.2) is 0 Å². The van der Waals surface area contributed by atoms with Gasteiger partial charge in [0.05, 0.1) is 19.1 Å². The zero-order valence-electron chi connectivity index (χ0n) is 9.32. The summed E-state index contributed by atoms with van der Waals surface area (Å²) in [5, 5.41) is 0. The van der Waals surface area contributed by atoms with Crippen LogP contribution in [0.1, 0.15) is 18.4 Å². The number of ether oxygens (including phenoxy) is 2. The van der Waals surface area contributed by atoms with Gasteiger partial charge in [-0.15, -0.1) is 11.6 Å². The van der Waals surface area contributed by atoms with Gasteiger partial charge in [0.15, 0.2) is 0 Å². The minimum absolute atomic E-state index is 0.240. The molecule has 0 bridgehead atoms. The zero-order valence-corrected chi connectivity index (χ0v) is 10.1. The Morgan fingerprint density at radius 2 is 2.12 bits per heavy atom. The van der Waals surface area contributed by atoms with Crippen molar-refractivity contribution in [2.45, 2.75) is 25.0 Å². The molecule has 3 heteroatoms. The molecule has 1 aliphatic heterocycles. The molecule has 16 heavy (non-hydrogen) atoms. The fourth-order valence-corrected chi connectivity index (χ4v) is 2.23. The Balaban J connectivity index is 1.79. The van der Waals surface area contributed by atoms with Gasteiger partial charge >= 0.3 is 0 Å². The largest absolute Gasteiger partial charge is 0.374 e. The predicted molar refractivity (Wildman–Crippen MR) is 64.7 cm³/mol. The molecule has 0 spiro atoms. The van der Waals surface area contributed by atoms with E-state index in [0.717, 1.165) is 19.4 Å². The first-order valence-corrected chi connectivity index (χ1v) is 6.20. The van der Waals surface area contributed by atoms with Gasteiger partial charge in [-0.1, -0.05) is 30.3 Å². The van der Waals surface area contributed by atoms with Gasteiger partial charge in [0, 0.05) is 6.61 Å². The van der Waals surface area contributed by atoms with Crippen LogP contribution in [-0.2, 0) is 16.1 Å². The number of halogens is 1. The summed E-state index contributed by atoms with van der Waals surface area (Å²) in [5.41, 5.74) is 0.946. The summed E-state index contributed by atoms with van der Waals surface area (Å²) < 4.78 is 11.4. The third-order valence-electron chi connectivity index (χ3n) is 2.91. The van der Waals surface area contributed by atoms with Crippen molar-refractivity contribution < 1.29 is 9.47 Å². The number of hydrogen-bond acceptors (Lipinski definition) is 2. The molecule has 0 N–H and O–H groups in total. The number of alkyl halides is 1. The van der Waals surface area contributed by atoms with Crippen molar-refractivity contribution >= 4 is 11.6 Å². The second-order valence-corrected chi connectivity index (χ2v) is 4.51. The van der Waals surface area contributed by atoms with Gasteiger partial charge in [0.2, 0.25) is 0 Å². The molecule has 2 rings (SSSR count). The number of benzene rings is 1. The highest BCUT2D eigenvalue weighted by Gasteiger charge is 2.34. The standard InChI is InChI=1S/C13H17ClO2/c14-10-13(7-4-8-16-13)11-15-9-12-5-2-1-3-6-12/h1-3,5-6H,4,7-11H2. The van der Waals surface area contributed by atoms with Gasteiger partial charge in [-0.05, 0) is 18.4 Å². The van der Waals surface area contributed by atoms with Crippen LogP contribution in [0.5, 0.6) is 0 Å². The monoisotopic (exact) mass is 240 g/mol. The van der Waals surface area contributed by atoms with E-state index in [4.69, 9.17) is 21.1 Å². The van der Waals surface area contributed by atoms with Crippen LogP contribution in [0, 0.1) is 0 Å². The number of hydrogen-bond donors (Lipinski definition) is 0. The lowest BCUT2D eigenvalue weighted by molar-refractivity contribution is -0.0535. The van der Waals surface area contributed by atoms with Gasteiger partial charge in [0.25, 0.3) is 0 Å². The minimum Gasteiger partial charge on any atom is -0.374 e. The maximum Gasteiger partial charge on any atom is 0.105 e. The van der Waals surface area contributed by atoms with E-state index in [1.807, 2.05) is 18.2 Å². The molecule has 1 aromatic rings. The highest BCUT2D eigenvalue weighted by molar-refractivity contribution is 6.18. The molecule has 1 aliphatic rings. The Bertz CT molecular complexity index is 307. The maximum absolute atomic E-state index is 5.94. The molecule has 1 saturated heterocycles. The topological polar surface area (TPSA) is 18.5 Å². The van der Waals surface area contributed by atoms with Crippen LogP contribution in [0.2, 0.25) is 0 Å². The summed E-state index contributed by atoms with van der Waals surface area (Å²) in [6, 6.07) is 10.2. The summed E-state index contributed by atoms with van der Waals surface area (Å²) in [6.45, 7) is 2.02. The fraction of sp³-hybridized carbons (Fsp3) is 0.538. The summed E-state index contributed by atoms with van der Waals surface area (Å²) in [4.78, 5) is 0. The molecule has 1 fully saturated rings. The van der Waals surface area contributed by atoms with E-state index in [0.29, 0.717) is 19.1 Å². The molecule has 2 nitrogen and oxygen atoms in total. The van der Waals surface area contributed by atoms with E-state index in [1.165, 1.54) is 5.56 Å². The lowest BCUT2D eigenvalue weighted by atomic mass is 10.0. The Morgan fingerprint density at radius 1 is 1.31 bits per heavy atom. The second kappa shape index (κ2) is 5.67. The maximum atomic E-state index is 5.94. The van der Waals surface area contributed by atoms with E-state index < -0.39 is 0 Å². The Morgan fingerprint density at radius 3 is 2.75 bits per heavy atom. The van der Waals surface area contributed by atoms with E-state index in [2.05, 4.69) is 12.1 Å². The quantitative estimate of drug-likeness (QED) is 0.737. The van der Waals surface area contributed by atoms with Crippen LogP contribution < -0.4 is 0 Å². The molecule has 0 saturated carbocycles. The molecular formula is C13H17ClO2. The molecule has 1 atom stereocenters. The van der Waals surface area contributed by atoms with Crippen molar-refractivity contribution in [3.63, 3.8) is 0 Å². The Labute approximate surface area is 102 Å². The first-order valence-electron chi connectivity index (χ1n) is 5.66. The third kappa shape index (κ3) is 2.97. The van der Waals surface area contributed by atoms with Crippen LogP contribution in [0.4, 0.5) is 0 Å². The van der Waals surface area contributed by atoms with Gasteiger partial charge in [-0.2, -0.15) is 0 Å². The second-order valence-electron chi connectivity index (χ2n) is 4.25. The third-order valence-corrected chi connectivity index (χ3v) is 3.39. The first kappa shape index (κ1) is 11.9. The molecule has 88 valence electrons. The van der Waals surface area contributed by atoms with E-state index in [9.17, 15) is 0 Å². The molecule has 1 aromatic carbocycles. The van der Waals surface area contributed by atoms with Crippen LogP contribution >= 0.6 is 11.6 Å². The molecule has 1 heterocycles. The molecule has 0 aromatic heterocycles. The van der Waals surface area contributed by atoms with Crippen molar-refractivity contribution in [2.75, 3.05) is 19.1 Å². The van der Waals surface area contributed by atoms with E-state index >= 15 is 0 Å². The van der Waals surface area contributed by atoms with E-state index in [-0.39, 0.29) is 5.60 Å². The van der Waals surface area contributed by atoms with Crippen LogP contribution in [0.25, 0.3) is 0 Å². The van der Waals surface area contributed by atoms with Crippen molar-refractivity contribution in [1.82, 2.24) is 0 Å². The summed E-state index contributed by atoms with van der Waals surface area (Å²) in [6.07, 6.45) is 2.09. The minimum atomic E-state index is -0.240. The lowest BCUT2D eigenvalue weighted by Gasteiger charge is -2.25. The van der Waals surface area contributed by atoms with Gasteiger partial charge in [-0.3, -0.25) is 0 Å². The van der Waals surface area contributed by atoms with Crippen molar-refractivity contribution in [3.8, 4) is 0 Å². The smallest absolute Gasteiger partial charge is 0.105 e. The fourth-order valence-electron chi connectivity index (χ4n) is 1.94. The van der Waals surface area contributed by atoms with Gasteiger partial charge < -0.3 is 9.47 Å². The van der Waals surface area contributed by atoms with Crippen LogP contribution in [0.15, 0.2) is 30.3 Å². The summed E-state index contributed by atoms with van der Waals surface area (Å²) >= 11 is 5.94.